The van der Waals surface area contributed by atoms with Crippen LogP contribution in [0.2, 0.25) is 0 Å². The third-order valence-electron chi connectivity index (χ3n) is 5.86. The minimum atomic E-state index is -0.0500. The van der Waals surface area contributed by atoms with Crippen molar-refractivity contribution in [1.29, 1.82) is 0 Å². The van der Waals surface area contributed by atoms with Gasteiger partial charge in [-0.3, -0.25) is 14.7 Å². The Morgan fingerprint density at radius 3 is 2.67 bits per heavy atom. The Hall–Kier alpha value is -2.39. The number of guanidine groups is 1. The second-order valence-corrected chi connectivity index (χ2v) is 8.70. The van der Waals surface area contributed by atoms with Gasteiger partial charge < -0.3 is 19.5 Å². The molecule has 9 heteroatoms. The lowest BCUT2D eigenvalue weighted by Crippen LogP contribution is -2.57. The van der Waals surface area contributed by atoms with Crippen molar-refractivity contribution in [3.8, 4) is 10.8 Å². The molecule has 1 N–H and O–H groups in total. The highest BCUT2D eigenvalue weighted by Gasteiger charge is 2.30. The smallest absolute Gasteiger partial charge is 0.239 e. The zero-order chi connectivity index (χ0) is 20.9. The molecule has 30 heavy (non-hydrogen) atoms. The largest absolute Gasteiger partial charge is 0.443 e. The van der Waals surface area contributed by atoms with Crippen molar-refractivity contribution < 1.29 is 9.21 Å². The Labute approximate surface area is 181 Å². The molecule has 4 rings (SSSR count). The van der Waals surface area contributed by atoms with Gasteiger partial charge in [-0.1, -0.05) is 6.07 Å². The quantitative estimate of drug-likeness (QED) is 0.578. The molecule has 2 aliphatic rings. The standard InChI is InChI=1S/C21H30N6O2S/c1-16(20(28)26-7-3-4-8-26)25-9-11-27(12-10-25)21(22-2)23-14-17-15-29-19(24-17)18-6-5-13-30-18/h5-6,13,15-16H,3-4,7-12,14H2,1-2H3,(H,22,23). The van der Waals surface area contributed by atoms with E-state index in [4.69, 9.17) is 4.42 Å². The molecule has 0 spiro atoms. The third-order valence-corrected chi connectivity index (χ3v) is 6.72. The molecule has 2 aromatic rings. The van der Waals surface area contributed by atoms with Crippen molar-refractivity contribution in [3.63, 3.8) is 0 Å². The van der Waals surface area contributed by atoms with Crippen LogP contribution in [0.15, 0.2) is 33.2 Å². The van der Waals surface area contributed by atoms with E-state index < -0.39 is 0 Å². The van der Waals surface area contributed by atoms with E-state index in [-0.39, 0.29) is 11.9 Å². The van der Waals surface area contributed by atoms with E-state index >= 15 is 0 Å². The summed E-state index contributed by atoms with van der Waals surface area (Å²) in [5.74, 6) is 1.78. The number of carbonyl (C=O) groups is 1. The van der Waals surface area contributed by atoms with Crippen LogP contribution in [0.3, 0.4) is 0 Å². The summed E-state index contributed by atoms with van der Waals surface area (Å²) in [6.07, 6.45) is 3.96. The summed E-state index contributed by atoms with van der Waals surface area (Å²) in [4.78, 5) is 29.2. The van der Waals surface area contributed by atoms with Crippen LogP contribution in [0.5, 0.6) is 0 Å². The Morgan fingerprint density at radius 1 is 1.23 bits per heavy atom. The molecule has 4 heterocycles. The number of hydrogen-bond acceptors (Lipinski definition) is 6. The van der Waals surface area contributed by atoms with E-state index in [1.54, 1.807) is 24.6 Å². The first-order chi connectivity index (χ1) is 14.7. The predicted molar refractivity (Wildman–Crippen MR) is 118 cm³/mol. The van der Waals surface area contributed by atoms with Gasteiger partial charge in [-0.2, -0.15) is 0 Å². The van der Waals surface area contributed by atoms with Crippen LogP contribution < -0.4 is 5.32 Å². The van der Waals surface area contributed by atoms with Crippen molar-refractivity contribution in [2.75, 3.05) is 46.3 Å². The second-order valence-electron chi connectivity index (χ2n) is 7.75. The number of piperazine rings is 1. The zero-order valence-electron chi connectivity index (χ0n) is 17.7. The van der Waals surface area contributed by atoms with Crippen molar-refractivity contribution in [1.82, 2.24) is 25.0 Å². The van der Waals surface area contributed by atoms with E-state index in [0.717, 1.165) is 68.6 Å². The van der Waals surface area contributed by atoms with Gasteiger partial charge in [-0.25, -0.2) is 4.98 Å². The first kappa shape index (κ1) is 20.9. The fourth-order valence-corrected chi connectivity index (χ4v) is 4.74. The first-order valence-corrected chi connectivity index (χ1v) is 11.5. The molecule has 1 unspecified atom stereocenters. The number of carbonyl (C=O) groups excluding carboxylic acids is 1. The Bertz CT molecular complexity index is 851. The Morgan fingerprint density at radius 2 is 2.00 bits per heavy atom. The fraction of sp³-hybridized carbons (Fsp3) is 0.571. The minimum absolute atomic E-state index is 0.0500. The first-order valence-electron chi connectivity index (χ1n) is 10.6. The Kier molecular flexibility index (Phi) is 6.69. The number of aromatic nitrogens is 1. The normalized spacial score (nSPS) is 19.3. The number of nitrogens with zero attached hydrogens (tertiary/aromatic N) is 5. The van der Waals surface area contributed by atoms with Crippen LogP contribution in [-0.4, -0.2) is 83.9 Å². The van der Waals surface area contributed by atoms with E-state index in [9.17, 15) is 4.79 Å². The Balaban J connectivity index is 1.26. The van der Waals surface area contributed by atoms with Crippen LogP contribution in [-0.2, 0) is 11.3 Å². The highest BCUT2D eigenvalue weighted by atomic mass is 32.1. The van der Waals surface area contributed by atoms with E-state index in [1.807, 2.05) is 29.3 Å². The summed E-state index contributed by atoms with van der Waals surface area (Å²) in [5.41, 5.74) is 0.850. The van der Waals surface area contributed by atoms with Crippen LogP contribution in [0, 0.1) is 0 Å². The molecular formula is C21H30N6O2S. The zero-order valence-corrected chi connectivity index (χ0v) is 18.5. The van der Waals surface area contributed by atoms with Crippen molar-refractivity contribution >= 4 is 23.2 Å². The molecule has 8 nitrogen and oxygen atoms in total. The average Bonchev–Trinajstić information content (AvgIpc) is 3.56. The number of aliphatic imine (C=N–C) groups is 1. The number of likely N-dealkylation sites (tertiary alicyclic amines) is 1. The van der Waals surface area contributed by atoms with Crippen LogP contribution in [0.1, 0.15) is 25.5 Å². The maximum absolute atomic E-state index is 12.7. The van der Waals surface area contributed by atoms with Gasteiger partial charge in [0.1, 0.15) is 6.26 Å². The summed E-state index contributed by atoms with van der Waals surface area (Å²) in [6.45, 7) is 7.83. The average molecular weight is 431 g/mol. The topological polar surface area (TPSA) is 77.2 Å². The van der Waals surface area contributed by atoms with E-state index in [1.165, 1.54) is 0 Å². The molecule has 2 aromatic heterocycles. The molecular weight excluding hydrogens is 400 g/mol. The summed E-state index contributed by atoms with van der Waals surface area (Å²) >= 11 is 1.61. The lowest BCUT2D eigenvalue weighted by Gasteiger charge is -2.39. The molecule has 1 amide bonds. The summed E-state index contributed by atoms with van der Waals surface area (Å²) in [7, 11) is 1.80. The number of thiophene rings is 1. The highest BCUT2D eigenvalue weighted by Crippen LogP contribution is 2.23. The highest BCUT2D eigenvalue weighted by molar-refractivity contribution is 7.13. The monoisotopic (exact) mass is 430 g/mol. The number of rotatable bonds is 5. The van der Waals surface area contributed by atoms with Gasteiger partial charge in [0.2, 0.25) is 11.8 Å². The van der Waals surface area contributed by atoms with Gasteiger partial charge in [-0.05, 0) is 31.2 Å². The van der Waals surface area contributed by atoms with Gasteiger partial charge in [0.25, 0.3) is 0 Å². The molecule has 0 aliphatic carbocycles. The van der Waals surface area contributed by atoms with E-state index in [0.29, 0.717) is 12.4 Å². The SMILES string of the molecule is CN=C(NCc1coc(-c2cccs2)n1)N1CCN(C(C)C(=O)N2CCCC2)CC1. The second kappa shape index (κ2) is 9.61. The maximum atomic E-state index is 12.7. The van der Waals surface area contributed by atoms with Crippen LogP contribution >= 0.6 is 11.3 Å². The van der Waals surface area contributed by atoms with Gasteiger partial charge in [0, 0.05) is 46.3 Å². The third kappa shape index (κ3) is 4.67. The van der Waals surface area contributed by atoms with Crippen molar-refractivity contribution in [2.45, 2.75) is 32.4 Å². The van der Waals surface area contributed by atoms with Crippen LogP contribution in [0.4, 0.5) is 0 Å². The van der Waals surface area contributed by atoms with Crippen LogP contribution in [0.25, 0.3) is 10.8 Å². The van der Waals surface area contributed by atoms with Gasteiger partial charge >= 0.3 is 0 Å². The lowest BCUT2D eigenvalue weighted by atomic mass is 10.2. The molecule has 2 fully saturated rings. The lowest BCUT2D eigenvalue weighted by molar-refractivity contribution is -0.135. The van der Waals surface area contributed by atoms with E-state index in [2.05, 4.69) is 25.1 Å². The van der Waals surface area contributed by atoms with Gasteiger partial charge in [0.05, 0.1) is 23.2 Å². The minimum Gasteiger partial charge on any atom is -0.443 e. The number of hydrogen-bond donors (Lipinski definition) is 1. The van der Waals surface area contributed by atoms with Crippen molar-refractivity contribution in [3.05, 3.63) is 29.5 Å². The molecule has 1 atom stereocenters. The summed E-state index contributed by atoms with van der Waals surface area (Å²) in [5, 5.41) is 5.40. The predicted octanol–water partition coefficient (Wildman–Crippen LogP) is 2.11. The number of nitrogens with one attached hydrogen (secondary N) is 1. The molecule has 2 aliphatic heterocycles. The number of amides is 1. The summed E-state index contributed by atoms with van der Waals surface area (Å²) < 4.78 is 5.59. The molecule has 0 bridgehead atoms. The molecule has 0 aromatic carbocycles. The van der Waals surface area contributed by atoms with Gasteiger partial charge in [-0.15, -0.1) is 11.3 Å². The molecule has 0 radical (unpaired) electrons. The molecule has 0 saturated carbocycles. The molecule has 2 saturated heterocycles. The van der Waals surface area contributed by atoms with Gasteiger partial charge in [0.15, 0.2) is 5.96 Å². The fourth-order valence-electron chi connectivity index (χ4n) is 4.08. The summed E-state index contributed by atoms with van der Waals surface area (Å²) in [6, 6.07) is 3.94. The number of oxazole rings is 1. The maximum Gasteiger partial charge on any atom is 0.239 e. The van der Waals surface area contributed by atoms with Crippen molar-refractivity contribution in [2.24, 2.45) is 4.99 Å². The molecule has 162 valence electrons.